The van der Waals surface area contributed by atoms with Crippen molar-refractivity contribution in [3.8, 4) is 22.8 Å². The second-order valence-corrected chi connectivity index (χ2v) is 10.5. The molecule has 4 rings (SSSR count). The lowest BCUT2D eigenvalue weighted by Crippen LogP contribution is -2.15. The number of ether oxygens (including phenoxy) is 1. The van der Waals surface area contributed by atoms with Crippen LogP contribution in [0.2, 0.25) is 0 Å². The lowest BCUT2D eigenvalue weighted by molar-refractivity contribution is -0.113. The fraction of sp³-hybridized carbons (Fsp3) is 0.130. The third kappa shape index (κ3) is 5.88. The van der Waals surface area contributed by atoms with Gasteiger partial charge in [-0.2, -0.15) is 0 Å². The van der Waals surface area contributed by atoms with E-state index in [1.165, 1.54) is 11.8 Å². The molecule has 0 radical (unpaired) electrons. The van der Waals surface area contributed by atoms with E-state index in [2.05, 4.69) is 68.3 Å². The van der Waals surface area contributed by atoms with Gasteiger partial charge in [0.15, 0.2) is 11.0 Å². The van der Waals surface area contributed by atoms with Gasteiger partial charge in [-0.1, -0.05) is 27.7 Å². The number of hydrogen-bond donors (Lipinski definition) is 1. The molecule has 0 saturated heterocycles. The molecule has 1 amide bonds. The molecular weight excluding hydrogens is 650 g/mol. The molecule has 174 valence electrons. The Balaban J connectivity index is 1.59. The maximum Gasteiger partial charge on any atom is 0.234 e. The second-order valence-electron chi connectivity index (χ2n) is 6.89. The minimum atomic E-state index is -0.169. The summed E-state index contributed by atoms with van der Waals surface area (Å²) >= 11 is 11.7. The molecule has 2 aromatic heterocycles. The molecule has 0 unspecified atom stereocenters. The Morgan fingerprint density at radius 2 is 1.82 bits per heavy atom. The summed E-state index contributed by atoms with van der Waals surface area (Å²) in [5.41, 5.74) is 2.34. The largest absolute Gasteiger partial charge is 0.494 e. The van der Waals surface area contributed by atoms with E-state index in [0.717, 1.165) is 30.4 Å². The first-order chi connectivity index (χ1) is 16.5. The molecule has 2 aromatic carbocycles. The van der Waals surface area contributed by atoms with Crippen molar-refractivity contribution in [3.05, 3.63) is 74.3 Å². The fourth-order valence-corrected chi connectivity index (χ4v) is 6.31. The normalized spacial score (nSPS) is 10.8. The molecule has 0 saturated carbocycles. The Morgan fingerprint density at radius 1 is 1.09 bits per heavy atom. The van der Waals surface area contributed by atoms with Gasteiger partial charge >= 0.3 is 0 Å². The van der Waals surface area contributed by atoms with Crippen molar-refractivity contribution >= 4 is 71.1 Å². The van der Waals surface area contributed by atoms with E-state index in [1.54, 1.807) is 12.4 Å². The minimum absolute atomic E-state index is 0.150. The summed E-state index contributed by atoms with van der Waals surface area (Å²) in [5.74, 6) is 1.40. The highest BCUT2D eigenvalue weighted by atomic mass is 79.9. The number of halogens is 3. The number of anilines is 1. The first-order valence-electron chi connectivity index (χ1n) is 10.1. The molecule has 0 spiro atoms. The molecule has 11 heteroatoms. The summed E-state index contributed by atoms with van der Waals surface area (Å²) in [4.78, 5) is 16.9. The summed E-state index contributed by atoms with van der Waals surface area (Å²) in [5, 5.41) is 12.3. The van der Waals surface area contributed by atoms with Crippen molar-refractivity contribution in [2.24, 2.45) is 0 Å². The second kappa shape index (κ2) is 11.5. The zero-order chi connectivity index (χ0) is 24.1. The lowest BCUT2D eigenvalue weighted by Gasteiger charge is -2.12. The predicted octanol–water partition coefficient (Wildman–Crippen LogP) is 6.75. The summed E-state index contributed by atoms with van der Waals surface area (Å²) < 4.78 is 9.91. The standard InChI is InChI=1S/C23H18Br3N5O2S/c1-2-33-17-7-5-16(6-8-17)31-22(14-4-3-9-27-12-14)29-30-23(31)34-13-20(32)28-21-18(25)10-15(24)11-19(21)26/h3-12H,2,13H2,1H3,(H,28,32). The Bertz CT molecular complexity index is 1280. The van der Waals surface area contributed by atoms with Gasteiger partial charge in [-0.15, -0.1) is 10.2 Å². The summed E-state index contributed by atoms with van der Waals surface area (Å²) in [6, 6.07) is 15.2. The van der Waals surface area contributed by atoms with Crippen LogP contribution in [0.4, 0.5) is 5.69 Å². The van der Waals surface area contributed by atoms with Crippen molar-refractivity contribution < 1.29 is 9.53 Å². The van der Waals surface area contributed by atoms with Crippen LogP contribution in [0.5, 0.6) is 5.75 Å². The number of benzene rings is 2. The zero-order valence-electron chi connectivity index (χ0n) is 17.8. The van der Waals surface area contributed by atoms with Gasteiger partial charge in [0.05, 0.1) is 18.0 Å². The molecule has 0 fully saturated rings. The molecule has 0 aliphatic heterocycles. The quantitative estimate of drug-likeness (QED) is 0.210. The Kier molecular flexibility index (Phi) is 8.41. The third-order valence-electron chi connectivity index (χ3n) is 4.56. The van der Waals surface area contributed by atoms with Crippen LogP contribution in [0, 0.1) is 0 Å². The number of thioether (sulfide) groups is 1. The van der Waals surface area contributed by atoms with Crippen LogP contribution >= 0.6 is 59.6 Å². The number of amides is 1. The monoisotopic (exact) mass is 665 g/mol. The number of aromatic nitrogens is 4. The van der Waals surface area contributed by atoms with E-state index in [9.17, 15) is 4.79 Å². The van der Waals surface area contributed by atoms with Crippen LogP contribution in [0.15, 0.2) is 79.5 Å². The number of pyridine rings is 1. The van der Waals surface area contributed by atoms with Crippen molar-refractivity contribution in [1.29, 1.82) is 0 Å². The molecule has 0 aliphatic rings. The van der Waals surface area contributed by atoms with Gasteiger partial charge < -0.3 is 10.1 Å². The topological polar surface area (TPSA) is 81.9 Å². The molecule has 4 aromatic rings. The Morgan fingerprint density at radius 3 is 2.47 bits per heavy atom. The average molecular weight is 668 g/mol. The highest BCUT2D eigenvalue weighted by molar-refractivity contribution is 9.11. The van der Waals surface area contributed by atoms with E-state index in [4.69, 9.17) is 4.74 Å². The van der Waals surface area contributed by atoms with Gasteiger partial charge in [0.1, 0.15) is 5.75 Å². The van der Waals surface area contributed by atoms with Crippen LogP contribution in [0.3, 0.4) is 0 Å². The Labute approximate surface area is 226 Å². The molecule has 0 bridgehead atoms. The molecule has 0 atom stereocenters. The van der Waals surface area contributed by atoms with Gasteiger partial charge in [0.25, 0.3) is 0 Å². The number of rotatable bonds is 8. The van der Waals surface area contributed by atoms with Crippen LogP contribution in [-0.2, 0) is 4.79 Å². The van der Waals surface area contributed by atoms with Crippen LogP contribution in [-0.4, -0.2) is 38.0 Å². The molecule has 0 aliphatic carbocycles. The highest BCUT2D eigenvalue weighted by Gasteiger charge is 2.18. The Hall–Kier alpha value is -2.21. The van der Waals surface area contributed by atoms with E-state index >= 15 is 0 Å². The number of hydrogen-bond acceptors (Lipinski definition) is 6. The summed E-state index contributed by atoms with van der Waals surface area (Å²) in [6.07, 6.45) is 3.44. The van der Waals surface area contributed by atoms with Crippen molar-refractivity contribution in [2.75, 3.05) is 17.7 Å². The minimum Gasteiger partial charge on any atom is -0.494 e. The summed E-state index contributed by atoms with van der Waals surface area (Å²) in [7, 11) is 0. The lowest BCUT2D eigenvalue weighted by atomic mass is 10.2. The van der Waals surface area contributed by atoms with E-state index in [1.807, 2.05) is 60.0 Å². The van der Waals surface area contributed by atoms with Crippen LogP contribution < -0.4 is 10.1 Å². The maximum atomic E-state index is 12.7. The summed E-state index contributed by atoms with van der Waals surface area (Å²) in [6.45, 7) is 2.53. The number of carbonyl (C=O) groups is 1. The van der Waals surface area contributed by atoms with Crippen LogP contribution in [0.1, 0.15) is 6.92 Å². The molecule has 7 nitrogen and oxygen atoms in total. The van der Waals surface area contributed by atoms with Gasteiger partial charge in [0.2, 0.25) is 5.91 Å². The fourth-order valence-electron chi connectivity index (χ4n) is 3.10. The van der Waals surface area contributed by atoms with Gasteiger partial charge in [-0.3, -0.25) is 14.3 Å². The van der Waals surface area contributed by atoms with Crippen LogP contribution in [0.25, 0.3) is 17.1 Å². The molecule has 34 heavy (non-hydrogen) atoms. The van der Waals surface area contributed by atoms with Gasteiger partial charge in [-0.25, -0.2) is 0 Å². The van der Waals surface area contributed by atoms with Crippen molar-refractivity contribution in [1.82, 2.24) is 19.7 Å². The predicted molar refractivity (Wildman–Crippen MR) is 145 cm³/mol. The SMILES string of the molecule is CCOc1ccc(-n2c(SCC(=O)Nc3c(Br)cc(Br)cc3Br)nnc2-c2cccnc2)cc1. The average Bonchev–Trinajstić information content (AvgIpc) is 3.25. The van der Waals surface area contributed by atoms with Crippen molar-refractivity contribution in [3.63, 3.8) is 0 Å². The third-order valence-corrected chi connectivity index (χ3v) is 7.20. The van der Waals surface area contributed by atoms with Crippen molar-refractivity contribution in [2.45, 2.75) is 12.1 Å². The molecular formula is C23H18Br3N5O2S. The van der Waals surface area contributed by atoms with Gasteiger partial charge in [0, 0.05) is 37.1 Å². The number of carbonyl (C=O) groups excluding carboxylic acids is 1. The van der Waals surface area contributed by atoms with E-state index < -0.39 is 0 Å². The first kappa shape index (κ1) is 24.9. The van der Waals surface area contributed by atoms with E-state index in [-0.39, 0.29) is 11.7 Å². The first-order valence-corrected chi connectivity index (χ1v) is 13.5. The smallest absolute Gasteiger partial charge is 0.234 e. The number of nitrogens with one attached hydrogen (secondary N) is 1. The molecule has 1 N–H and O–H groups in total. The van der Waals surface area contributed by atoms with E-state index in [0.29, 0.717) is 23.3 Å². The molecule has 2 heterocycles. The maximum absolute atomic E-state index is 12.7. The highest BCUT2D eigenvalue weighted by Crippen LogP contribution is 2.35. The van der Waals surface area contributed by atoms with Gasteiger partial charge in [-0.05, 0) is 87.3 Å². The zero-order valence-corrected chi connectivity index (χ0v) is 23.4. The number of nitrogens with zero attached hydrogens (tertiary/aromatic N) is 4.